The van der Waals surface area contributed by atoms with Crippen LogP contribution in [0.3, 0.4) is 0 Å². The summed E-state index contributed by atoms with van der Waals surface area (Å²) in [5, 5.41) is 3.80. The van der Waals surface area contributed by atoms with Crippen molar-refractivity contribution in [2.24, 2.45) is 5.92 Å². The largest absolute Gasteiger partial charge is 0.433 e. The minimum Gasteiger partial charge on any atom is -0.339 e. The predicted octanol–water partition coefficient (Wildman–Crippen LogP) is 3.37. The third-order valence-electron chi connectivity index (χ3n) is 2.35. The van der Waals surface area contributed by atoms with Crippen LogP contribution in [0, 0.1) is 5.92 Å². The molecule has 0 bridgehead atoms. The van der Waals surface area contributed by atoms with E-state index in [4.69, 9.17) is 4.52 Å². The lowest BCUT2D eigenvalue weighted by atomic mass is 10.1. The summed E-state index contributed by atoms with van der Waals surface area (Å²) in [7, 11) is 0. The van der Waals surface area contributed by atoms with Gasteiger partial charge in [-0.1, -0.05) is 30.8 Å². The Kier molecular flexibility index (Phi) is 4.81. The zero-order valence-electron chi connectivity index (χ0n) is 11.4. The fourth-order valence-corrected chi connectivity index (χ4v) is 2.15. The first-order valence-corrected chi connectivity index (χ1v) is 7.17. The number of thioether (sulfide) groups is 1. The first kappa shape index (κ1) is 15.7. The smallest absolute Gasteiger partial charge is 0.339 e. The van der Waals surface area contributed by atoms with E-state index in [9.17, 15) is 13.2 Å². The quantitative estimate of drug-likeness (QED) is 0.622. The summed E-state index contributed by atoms with van der Waals surface area (Å²) in [5.74, 6) is 1.57. The van der Waals surface area contributed by atoms with Crippen molar-refractivity contribution in [3.05, 3.63) is 29.7 Å². The Hall–Kier alpha value is -1.64. The van der Waals surface area contributed by atoms with Crippen LogP contribution in [0.5, 0.6) is 0 Å². The van der Waals surface area contributed by atoms with Crippen molar-refractivity contribution >= 4 is 11.8 Å². The van der Waals surface area contributed by atoms with E-state index in [0.29, 0.717) is 24.1 Å². The van der Waals surface area contributed by atoms with Gasteiger partial charge in [-0.25, -0.2) is 9.97 Å². The summed E-state index contributed by atoms with van der Waals surface area (Å²) >= 11 is 1.03. The van der Waals surface area contributed by atoms with E-state index in [0.717, 1.165) is 24.0 Å². The molecule has 9 heteroatoms. The van der Waals surface area contributed by atoms with Crippen molar-refractivity contribution < 1.29 is 17.7 Å². The molecular formula is C12H13F3N4OS. The highest BCUT2D eigenvalue weighted by Crippen LogP contribution is 2.28. The van der Waals surface area contributed by atoms with Gasteiger partial charge >= 0.3 is 6.18 Å². The SMILES string of the molecule is CC(C)Cc1nc(CSc2nccc(C(F)(F)F)n2)no1. The third-order valence-corrected chi connectivity index (χ3v) is 3.20. The van der Waals surface area contributed by atoms with Crippen molar-refractivity contribution in [3.63, 3.8) is 0 Å². The molecule has 114 valence electrons. The lowest BCUT2D eigenvalue weighted by Crippen LogP contribution is -2.08. The maximum Gasteiger partial charge on any atom is 0.433 e. The molecule has 0 aliphatic heterocycles. The zero-order valence-corrected chi connectivity index (χ0v) is 12.2. The van der Waals surface area contributed by atoms with E-state index >= 15 is 0 Å². The lowest BCUT2D eigenvalue weighted by Gasteiger charge is -2.05. The molecule has 0 amide bonds. The van der Waals surface area contributed by atoms with Crippen molar-refractivity contribution in [2.75, 3.05) is 0 Å². The normalized spacial score (nSPS) is 12.1. The van der Waals surface area contributed by atoms with Gasteiger partial charge in [0, 0.05) is 12.6 Å². The molecule has 0 saturated heterocycles. The Balaban J connectivity index is 1.98. The van der Waals surface area contributed by atoms with Crippen LogP contribution in [-0.4, -0.2) is 20.1 Å². The van der Waals surface area contributed by atoms with Crippen LogP contribution in [0.4, 0.5) is 13.2 Å². The molecule has 0 atom stereocenters. The van der Waals surface area contributed by atoms with Gasteiger partial charge in [-0.15, -0.1) is 0 Å². The maximum absolute atomic E-state index is 12.5. The zero-order chi connectivity index (χ0) is 15.5. The molecule has 0 fully saturated rings. The number of rotatable bonds is 5. The van der Waals surface area contributed by atoms with Gasteiger partial charge in [0.25, 0.3) is 0 Å². The minimum absolute atomic E-state index is 0.0278. The van der Waals surface area contributed by atoms with Gasteiger partial charge in [0.15, 0.2) is 11.0 Å². The molecule has 0 spiro atoms. The molecule has 0 unspecified atom stereocenters. The Bertz CT molecular complexity index is 600. The van der Waals surface area contributed by atoms with E-state index in [2.05, 4.69) is 20.1 Å². The van der Waals surface area contributed by atoms with Crippen LogP contribution in [0.25, 0.3) is 0 Å². The Morgan fingerprint density at radius 1 is 1.29 bits per heavy atom. The second-order valence-electron chi connectivity index (χ2n) is 4.71. The second-order valence-corrected chi connectivity index (χ2v) is 5.66. The number of alkyl halides is 3. The first-order chi connectivity index (χ1) is 9.84. The third kappa shape index (κ3) is 4.69. The average molecular weight is 318 g/mol. The van der Waals surface area contributed by atoms with Crippen LogP contribution in [0.2, 0.25) is 0 Å². The van der Waals surface area contributed by atoms with E-state index < -0.39 is 11.9 Å². The molecule has 0 aromatic carbocycles. The van der Waals surface area contributed by atoms with Gasteiger partial charge in [-0.3, -0.25) is 0 Å². The van der Waals surface area contributed by atoms with Crippen molar-refractivity contribution in [1.29, 1.82) is 0 Å². The van der Waals surface area contributed by atoms with Crippen LogP contribution in [0.1, 0.15) is 31.3 Å². The molecule has 0 aliphatic rings. The predicted molar refractivity (Wildman–Crippen MR) is 69.4 cm³/mol. The molecule has 2 rings (SSSR count). The van der Waals surface area contributed by atoms with Crippen LogP contribution in [0.15, 0.2) is 21.9 Å². The summed E-state index contributed by atoms with van der Waals surface area (Å²) in [6.07, 6.45) is -2.73. The van der Waals surface area contributed by atoms with Gasteiger partial charge in [0.1, 0.15) is 5.69 Å². The van der Waals surface area contributed by atoms with Crippen LogP contribution < -0.4 is 0 Å². The highest BCUT2D eigenvalue weighted by atomic mass is 32.2. The van der Waals surface area contributed by atoms with E-state index in [1.807, 2.05) is 13.8 Å². The fraction of sp³-hybridized carbons (Fsp3) is 0.500. The van der Waals surface area contributed by atoms with Crippen LogP contribution >= 0.6 is 11.8 Å². The molecule has 2 heterocycles. The molecule has 2 aromatic rings. The topological polar surface area (TPSA) is 64.7 Å². The maximum atomic E-state index is 12.5. The van der Waals surface area contributed by atoms with E-state index in [-0.39, 0.29) is 10.9 Å². The summed E-state index contributed by atoms with van der Waals surface area (Å²) < 4.78 is 42.6. The highest BCUT2D eigenvalue weighted by molar-refractivity contribution is 7.98. The Morgan fingerprint density at radius 2 is 2.05 bits per heavy atom. The Morgan fingerprint density at radius 3 is 2.71 bits per heavy atom. The van der Waals surface area contributed by atoms with E-state index in [1.165, 1.54) is 0 Å². The molecule has 21 heavy (non-hydrogen) atoms. The van der Waals surface area contributed by atoms with Crippen LogP contribution in [-0.2, 0) is 18.3 Å². The van der Waals surface area contributed by atoms with Gasteiger partial charge in [-0.05, 0) is 12.0 Å². The highest BCUT2D eigenvalue weighted by Gasteiger charge is 2.32. The number of aromatic nitrogens is 4. The number of halogens is 3. The van der Waals surface area contributed by atoms with Crippen molar-refractivity contribution in [2.45, 2.75) is 37.4 Å². The van der Waals surface area contributed by atoms with Crippen molar-refractivity contribution in [3.8, 4) is 0 Å². The molecule has 0 saturated carbocycles. The standard InChI is InChI=1S/C12H13F3N4OS/c1-7(2)5-10-18-9(19-20-10)6-21-11-16-4-3-8(17-11)12(13,14)15/h3-4,7H,5-6H2,1-2H3. The minimum atomic E-state index is -4.48. The van der Waals surface area contributed by atoms with Gasteiger partial charge in [-0.2, -0.15) is 18.2 Å². The molecule has 5 nitrogen and oxygen atoms in total. The number of hydrogen-bond acceptors (Lipinski definition) is 6. The molecule has 0 radical (unpaired) electrons. The summed E-state index contributed by atoms with van der Waals surface area (Å²) in [5.41, 5.74) is -0.964. The number of nitrogens with zero attached hydrogens (tertiary/aromatic N) is 4. The molecular weight excluding hydrogens is 305 g/mol. The second kappa shape index (κ2) is 6.42. The summed E-state index contributed by atoms with van der Waals surface area (Å²) in [6.45, 7) is 4.05. The van der Waals surface area contributed by atoms with Gasteiger partial charge in [0.05, 0.1) is 5.75 Å². The fourth-order valence-electron chi connectivity index (χ4n) is 1.48. The average Bonchev–Trinajstić information content (AvgIpc) is 2.82. The van der Waals surface area contributed by atoms with Gasteiger partial charge < -0.3 is 4.52 Å². The van der Waals surface area contributed by atoms with Crippen molar-refractivity contribution in [1.82, 2.24) is 20.1 Å². The lowest BCUT2D eigenvalue weighted by molar-refractivity contribution is -0.141. The molecule has 0 aliphatic carbocycles. The van der Waals surface area contributed by atoms with E-state index in [1.54, 1.807) is 0 Å². The summed E-state index contributed by atoms with van der Waals surface area (Å²) in [4.78, 5) is 11.4. The monoisotopic (exact) mass is 318 g/mol. The number of hydrogen-bond donors (Lipinski definition) is 0. The molecule has 2 aromatic heterocycles. The van der Waals surface area contributed by atoms with Gasteiger partial charge in [0.2, 0.25) is 5.89 Å². The molecule has 0 N–H and O–H groups in total. The Labute approximate surface area is 123 Å². The summed E-state index contributed by atoms with van der Waals surface area (Å²) in [6, 6.07) is 0.832. The first-order valence-electron chi connectivity index (χ1n) is 6.19.